The molecule has 2 aliphatic carbocycles. The van der Waals surface area contributed by atoms with Crippen LogP contribution in [0.25, 0.3) is 143 Å². The highest BCUT2D eigenvalue weighted by molar-refractivity contribution is 6.25. The molecule has 0 N–H and O–H groups in total. The summed E-state index contributed by atoms with van der Waals surface area (Å²) in [6.07, 6.45) is 0. The van der Waals surface area contributed by atoms with E-state index in [9.17, 15) is 0 Å². The Morgan fingerprint density at radius 3 is 1.19 bits per heavy atom. The van der Waals surface area contributed by atoms with Gasteiger partial charge in [0.25, 0.3) is 0 Å². The van der Waals surface area contributed by atoms with Gasteiger partial charge >= 0.3 is 0 Å². The molecular weight excluding hydrogens is 977 g/mol. The molecule has 2 heteroatoms. The van der Waals surface area contributed by atoms with Crippen LogP contribution in [-0.4, -0.2) is 9.13 Å². The Hall–Kier alpha value is -10.5. The van der Waals surface area contributed by atoms with Crippen molar-refractivity contribution in [2.24, 2.45) is 0 Å². The summed E-state index contributed by atoms with van der Waals surface area (Å²) < 4.78 is 4.96. The van der Waals surface area contributed by atoms with E-state index in [0.29, 0.717) is 0 Å². The van der Waals surface area contributed by atoms with Gasteiger partial charge in [0.2, 0.25) is 0 Å². The molecule has 14 aromatic carbocycles. The summed E-state index contributed by atoms with van der Waals surface area (Å²) in [5.41, 5.74) is 24.4. The zero-order valence-corrected chi connectivity index (χ0v) is 44.1. The summed E-state index contributed by atoms with van der Waals surface area (Å²) in [4.78, 5) is 0. The number of nitrogens with zero attached hydrogens (tertiary/aromatic N) is 2. The fourth-order valence-electron chi connectivity index (χ4n) is 15.3. The summed E-state index contributed by atoms with van der Waals surface area (Å²) >= 11 is 0. The highest BCUT2D eigenvalue weighted by atomic mass is 15.0. The Balaban J connectivity index is 0.998. The van der Waals surface area contributed by atoms with Gasteiger partial charge in [-0.05, 0) is 142 Å². The molecule has 374 valence electrons. The van der Waals surface area contributed by atoms with E-state index in [1.165, 1.54) is 154 Å². The maximum absolute atomic E-state index is 2.54. The molecule has 1 unspecified atom stereocenters. The Kier molecular flexibility index (Phi) is 9.18. The maximum Gasteiger partial charge on any atom is 0.0725 e. The van der Waals surface area contributed by atoms with Crippen molar-refractivity contribution in [1.29, 1.82) is 0 Å². The second-order valence-electron chi connectivity index (χ2n) is 22.1. The zero-order valence-electron chi connectivity index (χ0n) is 44.1. The van der Waals surface area contributed by atoms with Gasteiger partial charge in [0.05, 0.1) is 27.5 Å². The number of hydrogen-bond acceptors (Lipinski definition) is 0. The van der Waals surface area contributed by atoms with Crippen LogP contribution in [0.1, 0.15) is 22.3 Å². The minimum absolute atomic E-state index is 0.532. The molecule has 0 aliphatic heterocycles. The lowest BCUT2D eigenvalue weighted by Crippen LogP contribution is -2.25. The molecule has 0 fully saturated rings. The van der Waals surface area contributed by atoms with Gasteiger partial charge < -0.3 is 9.13 Å². The lowest BCUT2D eigenvalue weighted by molar-refractivity contribution is 0.794. The minimum Gasteiger partial charge on any atom is -0.309 e. The molecule has 16 aromatic rings. The van der Waals surface area contributed by atoms with Crippen LogP contribution in [0.2, 0.25) is 0 Å². The molecule has 0 radical (unpaired) electrons. The molecule has 1 spiro atoms. The molecule has 2 heterocycles. The summed E-state index contributed by atoms with van der Waals surface area (Å²) in [5.74, 6) is 0. The van der Waals surface area contributed by atoms with E-state index in [2.05, 4.69) is 300 Å². The number of benzene rings is 14. The summed E-state index contributed by atoms with van der Waals surface area (Å²) in [6.45, 7) is 0. The molecule has 1 atom stereocenters. The number of hydrogen-bond donors (Lipinski definition) is 0. The van der Waals surface area contributed by atoms with Gasteiger partial charge in [0.1, 0.15) is 0 Å². The van der Waals surface area contributed by atoms with Crippen molar-refractivity contribution in [3.8, 4) is 67.0 Å². The Bertz CT molecular complexity index is 5130. The van der Waals surface area contributed by atoms with Crippen molar-refractivity contribution in [3.05, 3.63) is 313 Å². The van der Waals surface area contributed by atoms with Gasteiger partial charge in [-0.15, -0.1) is 0 Å². The molecule has 0 amide bonds. The number of aromatic nitrogens is 2. The van der Waals surface area contributed by atoms with E-state index in [1.54, 1.807) is 0 Å². The van der Waals surface area contributed by atoms with Crippen molar-refractivity contribution >= 4 is 75.9 Å². The maximum atomic E-state index is 2.54. The standard InChI is InChI=1S/C79H48N2/c1-3-23-50(24-4-1)80-72-44-15-11-28-55(72)61-38-19-36-59(77(61)80)53-32-17-34-57-66(53)48-67-54(60-37-20-39-62-56-29-12-16-45-73(56)81(78(60)62)51-25-5-2-6-26-51)33-18-35-58(67)74(57)65-40-21-43-70-76(65)64-31-10-14-42-69(64)79(70)68-41-13-9-30-63(68)75-52-27-8-7-22-49(52)46-47-71(75)79/h1-48H. The van der Waals surface area contributed by atoms with Gasteiger partial charge in [0.15, 0.2) is 0 Å². The summed E-state index contributed by atoms with van der Waals surface area (Å²) in [6, 6.07) is 110. The van der Waals surface area contributed by atoms with Crippen molar-refractivity contribution in [2.75, 3.05) is 0 Å². The summed E-state index contributed by atoms with van der Waals surface area (Å²) in [5, 5.41) is 12.4. The molecule has 2 nitrogen and oxygen atoms in total. The smallest absolute Gasteiger partial charge is 0.0725 e. The normalized spacial score (nSPS) is 14.2. The molecule has 18 rings (SSSR count). The monoisotopic (exact) mass is 1020 g/mol. The van der Waals surface area contributed by atoms with Crippen LogP contribution < -0.4 is 0 Å². The SMILES string of the molecule is c1ccc(-n2c3ccccc3c3cccc(-c4cccc5c(-c6cccc7c6-c6ccccc6C76c7ccccc7-c7c6ccc6ccccc76)c6cccc(-c7cccc8c9ccccc9n(-c9ccccc9)c78)c6cc45)c32)cc1. The second-order valence-corrected chi connectivity index (χ2v) is 22.1. The first kappa shape index (κ1) is 44.4. The van der Waals surface area contributed by atoms with Crippen LogP contribution in [0.3, 0.4) is 0 Å². The minimum atomic E-state index is -0.532. The molecule has 2 aliphatic rings. The van der Waals surface area contributed by atoms with Crippen LogP contribution in [0.15, 0.2) is 291 Å². The molecule has 0 saturated carbocycles. The average molecular weight is 1030 g/mol. The third-order valence-electron chi connectivity index (χ3n) is 18.3. The quantitative estimate of drug-likeness (QED) is 0.152. The lowest BCUT2D eigenvalue weighted by atomic mass is 9.70. The topological polar surface area (TPSA) is 9.86 Å². The predicted molar refractivity (Wildman–Crippen MR) is 340 cm³/mol. The van der Waals surface area contributed by atoms with Gasteiger partial charge in [-0.3, -0.25) is 0 Å². The van der Waals surface area contributed by atoms with E-state index in [-0.39, 0.29) is 0 Å². The first-order valence-corrected chi connectivity index (χ1v) is 28.3. The largest absolute Gasteiger partial charge is 0.309 e. The van der Waals surface area contributed by atoms with Crippen LogP contribution in [0, 0.1) is 0 Å². The first-order chi connectivity index (χ1) is 40.3. The van der Waals surface area contributed by atoms with Gasteiger partial charge in [-0.2, -0.15) is 0 Å². The van der Waals surface area contributed by atoms with Crippen LogP contribution >= 0.6 is 0 Å². The van der Waals surface area contributed by atoms with E-state index in [0.717, 1.165) is 11.4 Å². The lowest BCUT2D eigenvalue weighted by Gasteiger charge is -2.30. The van der Waals surface area contributed by atoms with Gasteiger partial charge in [0, 0.05) is 44.0 Å². The number of rotatable bonds is 5. The van der Waals surface area contributed by atoms with E-state index in [4.69, 9.17) is 0 Å². The summed E-state index contributed by atoms with van der Waals surface area (Å²) in [7, 11) is 0. The third kappa shape index (κ3) is 5.90. The van der Waals surface area contributed by atoms with Crippen molar-refractivity contribution < 1.29 is 0 Å². The highest BCUT2D eigenvalue weighted by Gasteiger charge is 2.52. The van der Waals surface area contributed by atoms with E-state index < -0.39 is 5.41 Å². The van der Waals surface area contributed by atoms with Crippen LogP contribution in [0.4, 0.5) is 0 Å². The average Bonchev–Trinajstić information content (AvgIpc) is 3.00. The van der Waals surface area contributed by atoms with Gasteiger partial charge in [-0.25, -0.2) is 0 Å². The first-order valence-electron chi connectivity index (χ1n) is 28.3. The van der Waals surface area contributed by atoms with Crippen molar-refractivity contribution in [3.63, 3.8) is 0 Å². The fourth-order valence-corrected chi connectivity index (χ4v) is 15.3. The van der Waals surface area contributed by atoms with Crippen molar-refractivity contribution in [1.82, 2.24) is 9.13 Å². The predicted octanol–water partition coefficient (Wildman–Crippen LogP) is 20.7. The number of para-hydroxylation sites is 6. The van der Waals surface area contributed by atoms with Crippen LogP contribution in [-0.2, 0) is 5.41 Å². The molecule has 0 bridgehead atoms. The molecular formula is C79H48N2. The highest BCUT2D eigenvalue weighted by Crippen LogP contribution is 2.65. The molecule has 2 aromatic heterocycles. The molecule has 0 saturated heterocycles. The second kappa shape index (κ2) is 16.7. The Morgan fingerprint density at radius 2 is 0.605 bits per heavy atom. The Labute approximate surface area is 468 Å². The third-order valence-corrected chi connectivity index (χ3v) is 18.3. The van der Waals surface area contributed by atoms with E-state index >= 15 is 0 Å². The van der Waals surface area contributed by atoms with Crippen LogP contribution in [0.5, 0.6) is 0 Å². The van der Waals surface area contributed by atoms with Crippen molar-refractivity contribution in [2.45, 2.75) is 5.41 Å². The zero-order chi connectivity index (χ0) is 52.9. The number of fused-ring (bicyclic) bond motifs is 20. The van der Waals surface area contributed by atoms with Gasteiger partial charge in [-0.1, -0.05) is 249 Å². The molecule has 81 heavy (non-hydrogen) atoms. The van der Waals surface area contributed by atoms with E-state index in [1.807, 2.05) is 0 Å². The Morgan fingerprint density at radius 1 is 0.210 bits per heavy atom. The fraction of sp³-hybridized carbons (Fsp3) is 0.0127.